The number of hydrogen-bond acceptors (Lipinski definition) is 3. The normalized spacial score (nSPS) is 25.2. The topological polar surface area (TPSA) is 0 Å². The molecule has 1 saturated heterocycles. The molecule has 0 unspecified atom stereocenters. The second kappa shape index (κ2) is 3.17. The van der Waals surface area contributed by atoms with Crippen LogP contribution in [-0.2, 0) is 11.8 Å². The quantitative estimate of drug-likeness (QED) is 0.594. The van der Waals surface area contributed by atoms with Crippen molar-refractivity contribution in [3.63, 3.8) is 0 Å². The predicted octanol–water partition coefficient (Wildman–Crippen LogP) is 3.18. The monoisotopic (exact) mass is 198 g/mol. The van der Waals surface area contributed by atoms with Gasteiger partial charge in [-0.05, 0) is 5.66 Å². The summed E-state index contributed by atoms with van der Waals surface area (Å²) < 4.78 is -0.975. The lowest BCUT2D eigenvalue weighted by Gasteiger charge is -2.16. The molecule has 0 aromatic rings. The van der Waals surface area contributed by atoms with Crippen LogP contribution >= 0.6 is 27.2 Å². The summed E-state index contributed by atoms with van der Waals surface area (Å²) in [4.78, 5) is 0. The second-order valence-corrected chi connectivity index (χ2v) is 14.6. The first kappa shape index (κ1) is 8.45. The van der Waals surface area contributed by atoms with Gasteiger partial charge in [0.2, 0.25) is 0 Å². The maximum Gasteiger partial charge on any atom is 0.0596 e. The van der Waals surface area contributed by atoms with E-state index in [-0.39, 0.29) is 0 Å². The highest BCUT2D eigenvalue weighted by Gasteiger charge is 2.26. The molecule has 0 spiro atoms. The Kier molecular flexibility index (Phi) is 2.97. The first-order chi connectivity index (χ1) is 4.15. The Hall–Kier alpha value is 1.35. The van der Waals surface area contributed by atoms with Crippen LogP contribution in [0.4, 0.5) is 0 Å². The van der Waals surface area contributed by atoms with E-state index in [1.165, 1.54) is 11.5 Å². The van der Waals surface area contributed by atoms with Crippen LogP contribution in [-0.4, -0.2) is 17.2 Å². The third-order valence-electron chi connectivity index (χ3n) is 1.26. The van der Waals surface area contributed by atoms with E-state index < -0.39 is 4.44 Å². The zero-order valence-electron chi connectivity index (χ0n) is 5.66. The molecule has 1 heterocycles. The lowest BCUT2D eigenvalue weighted by molar-refractivity contribution is 1.11. The largest absolute Gasteiger partial charge is 0.113 e. The molecule has 9 heavy (non-hydrogen) atoms. The molecule has 0 N–H and O–H groups in total. The highest BCUT2D eigenvalue weighted by atomic mass is 33.2. The summed E-state index contributed by atoms with van der Waals surface area (Å²) in [5.41, 5.74) is 0.741. The molecule has 4 heteroatoms. The van der Waals surface area contributed by atoms with Crippen LogP contribution in [0.2, 0.25) is 0 Å². The van der Waals surface area contributed by atoms with Gasteiger partial charge in [-0.3, -0.25) is 0 Å². The van der Waals surface area contributed by atoms with E-state index in [1.54, 1.807) is 0 Å². The van der Waals surface area contributed by atoms with Gasteiger partial charge in [0.05, 0.1) is 4.44 Å². The molecule has 1 aliphatic rings. The molecule has 0 amide bonds. The Balaban J connectivity index is 2.62. The van der Waals surface area contributed by atoms with Crippen molar-refractivity contribution in [1.29, 1.82) is 0 Å². The van der Waals surface area contributed by atoms with Crippen LogP contribution in [0.1, 0.15) is 13.8 Å². The summed E-state index contributed by atoms with van der Waals surface area (Å²) in [7, 11) is 0. The molecule has 0 saturated carbocycles. The Morgan fingerprint density at radius 3 is 2.00 bits per heavy atom. The van der Waals surface area contributed by atoms with Crippen molar-refractivity contribution < 1.29 is 0 Å². The maximum atomic E-state index is 5.53. The Bertz CT molecular complexity index is 133. The minimum absolute atomic E-state index is 0.741. The van der Waals surface area contributed by atoms with Crippen LogP contribution < -0.4 is 0 Å². The standard InChI is InChI=1S/C5H11PS3/c1-5(2)6(7)8-3-4-9-6/h5H,3-4H2,1-2H3. The Morgan fingerprint density at radius 2 is 1.78 bits per heavy atom. The summed E-state index contributed by atoms with van der Waals surface area (Å²) >= 11 is 9.61. The minimum Gasteiger partial charge on any atom is -0.113 e. The van der Waals surface area contributed by atoms with E-state index in [1.807, 2.05) is 22.8 Å². The third kappa shape index (κ3) is 1.89. The van der Waals surface area contributed by atoms with Crippen molar-refractivity contribution in [3.05, 3.63) is 0 Å². The van der Waals surface area contributed by atoms with E-state index >= 15 is 0 Å². The van der Waals surface area contributed by atoms with Gasteiger partial charge in [-0.2, -0.15) is 0 Å². The van der Waals surface area contributed by atoms with Crippen LogP contribution in [0, 0.1) is 0 Å². The van der Waals surface area contributed by atoms with Crippen molar-refractivity contribution in [1.82, 2.24) is 0 Å². The fourth-order valence-corrected chi connectivity index (χ4v) is 10.7. The van der Waals surface area contributed by atoms with Gasteiger partial charge in [0, 0.05) is 11.5 Å². The van der Waals surface area contributed by atoms with Crippen molar-refractivity contribution in [2.24, 2.45) is 0 Å². The highest BCUT2D eigenvalue weighted by molar-refractivity contribution is 9.02. The Morgan fingerprint density at radius 1 is 1.33 bits per heavy atom. The summed E-state index contributed by atoms with van der Waals surface area (Å²) in [6.45, 7) is 4.51. The Labute approximate surface area is 70.1 Å². The van der Waals surface area contributed by atoms with E-state index in [4.69, 9.17) is 11.8 Å². The van der Waals surface area contributed by atoms with Crippen LogP contribution in [0.25, 0.3) is 0 Å². The van der Waals surface area contributed by atoms with Crippen LogP contribution in [0.5, 0.6) is 0 Å². The van der Waals surface area contributed by atoms with Gasteiger partial charge in [-0.15, -0.1) is 22.8 Å². The lowest BCUT2D eigenvalue weighted by atomic mass is 10.6. The zero-order valence-corrected chi connectivity index (χ0v) is 9.01. The summed E-state index contributed by atoms with van der Waals surface area (Å²) in [5, 5.41) is 0. The molecule has 0 atom stereocenters. The number of rotatable bonds is 1. The van der Waals surface area contributed by atoms with E-state index in [9.17, 15) is 0 Å². The fraction of sp³-hybridized carbons (Fsp3) is 1.00. The molecule has 0 aromatic heterocycles. The summed E-state index contributed by atoms with van der Waals surface area (Å²) in [5.74, 6) is 2.58. The average Bonchev–Trinajstić information content (AvgIpc) is 2.16. The fourth-order valence-electron chi connectivity index (χ4n) is 0.664. The second-order valence-electron chi connectivity index (χ2n) is 2.30. The molecule has 0 bridgehead atoms. The zero-order chi connectivity index (χ0) is 6.91. The molecule has 1 aliphatic heterocycles. The maximum absolute atomic E-state index is 5.53. The molecule has 0 aliphatic carbocycles. The van der Waals surface area contributed by atoms with E-state index in [2.05, 4.69) is 13.8 Å². The summed E-state index contributed by atoms with van der Waals surface area (Å²) in [6.07, 6.45) is 0. The van der Waals surface area contributed by atoms with Gasteiger partial charge >= 0.3 is 0 Å². The van der Waals surface area contributed by atoms with Gasteiger partial charge < -0.3 is 0 Å². The van der Waals surface area contributed by atoms with Gasteiger partial charge in [-0.25, -0.2) is 0 Å². The number of hydrogen-bond donors (Lipinski definition) is 0. The van der Waals surface area contributed by atoms with Gasteiger partial charge in [0.15, 0.2) is 0 Å². The van der Waals surface area contributed by atoms with Crippen molar-refractivity contribution in [2.45, 2.75) is 19.5 Å². The lowest BCUT2D eigenvalue weighted by Crippen LogP contribution is -1.86. The molecule has 0 nitrogen and oxygen atoms in total. The molecule has 0 radical (unpaired) electrons. The van der Waals surface area contributed by atoms with Gasteiger partial charge in [0.1, 0.15) is 0 Å². The first-order valence-electron chi connectivity index (χ1n) is 3.04. The third-order valence-corrected chi connectivity index (χ3v) is 15.1. The highest BCUT2D eigenvalue weighted by Crippen LogP contribution is 2.76. The minimum atomic E-state index is -0.975. The molecule has 0 aromatic carbocycles. The van der Waals surface area contributed by atoms with Gasteiger partial charge in [0.25, 0.3) is 0 Å². The molecule has 1 rings (SSSR count). The smallest absolute Gasteiger partial charge is 0.0596 e. The molecular weight excluding hydrogens is 187 g/mol. The van der Waals surface area contributed by atoms with Crippen molar-refractivity contribution >= 4 is 39.0 Å². The average molecular weight is 198 g/mol. The predicted molar refractivity (Wildman–Crippen MR) is 54.3 cm³/mol. The van der Waals surface area contributed by atoms with Crippen molar-refractivity contribution in [2.75, 3.05) is 11.5 Å². The first-order valence-corrected chi connectivity index (χ1v) is 9.09. The molecule has 1 fully saturated rings. The van der Waals surface area contributed by atoms with E-state index in [0.29, 0.717) is 0 Å². The van der Waals surface area contributed by atoms with Gasteiger partial charge in [-0.1, -0.05) is 25.7 Å². The van der Waals surface area contributed by atoms with Crippen molar-refractivity contribution in [3.8, 4) is 0 Å². The summed E-state index contributed by atoms with van der Waals surface area (Å²) in [6, 6.07) is 0. The molecular formula is C5H11PS3. The molecule has 54 valence electrons. The SMILES string of the molecule is CC(C)P1(=S)SCCS1. The van der Waals surface area contributed by atoms with E-state index in [0.717, 1.165) is 5.66 Å². The van der Waals surface area contributed by atoms with Crippen LogP contribution in [0.3, 0.4) is 0 Å². The van der Waals surface area contributed by atoms with Crippen LogP contribution in [0.15, 0.2) is 0 Å².